The smallest absolute Gasteiger partial charge is 0.267 e. The number of pyridine rings is 1. The maximum absolute atomic E-state index is 12.6. The van der Waals surface area contributed by atoms with Gasteiger partial charge in [-0.2, -0.15) is 5.10 Å². The van der Waals surface area contributed by atoms with Gasteiger partial charge in [0.1, 0.15) is 6.26 Å². The third-order valence-corrected chi connectivity index (χ3v) is 5.22. The first kappa shape index (κ1) is 20.4. The first-order chi connectivity index (χ1) is 15.0. The van der Waals surface area contributed by atoms with Crippen LogP contribution < -0.4 is 16.0 Å². The van der Waals surface area contributed by atoms with Gasteiger partial charge in [-0.05, 0) is 13.0 Å². The van der Waals surface area contributed by atoms with E-state index >= 15 is 0 Å². The summed E-state index contributed by atoms with van der Waals surface area (Å²) >= 11 is 0. The monoisotopic (exact) mass is 425 g/mol. The summed E-state index contributed by atoms with van der Waals surface area (Å²) in [5.41, 5.74) is 1.87. The van der Waals surface area contributed by atoms with Gasteiger partial charge in [-0.15, -0.1) is 0 Å². The summed E-state index contributed by atoms with van der Waals surface area (Å²) in [4.78, 5) is 34.8. The number of nitrogens with one attached hydrogen (secondary N) is 3. The Labute approximate surface area is 177 Å². The molecule has 0 radical (unpaired) electrons. The van der Waals surface area contributed by atoms with Gasteiger partial charge >= 0.3 is 0 Å². The van der Waals surface area contributed by atoms with E-state index < -0.39 is 11.5 Å². The van der Waals surface area contributed by atoms with E-state index in [1.807, 2.05) is 6.92 Å². The normalized spacial score (nSPS) is 17.8. The topological polar surface area (TPSA) is 136 Å². The van der Waals surface area contributed by atoms with E-state index in [2.05, 4.69) is 31.2 Å². The number of furan rings is 1. The van der Waals surface area contributed by atoms with E-state index in [-0.39, 0.29) is 18.7 Å². The first-order valence-electron chi connectivity index (χ1n) is 9.83. The molecule has 11 nitrogen and oxygen atoms in total. The van der Waals surface area contributed by atoms with Gasteiger partial charge in [0.15, 0.2) is 5.65 Å². The highest BCUT2D eigenvalue weighted by molar-refractivity contribution is 6.13. The van der Waals surface area contributed by atoms with Gasteiger partial charge in [0.2, 0.25) is 11.5 Å². The van der Waals surface area contributed by atoms with Crippen LogP contribution in [0, 0.1) is 0 Å². The average molecular weight is 425 g/mol. The molecule has 0 spiro atoms. The third-order valence-electron chi connectivity index (χ3n) is 5.22. The van der Waals surface area contributed by atoms with Crippen LogP contribution in [-0.4, -0.2) is 52.0 Å². The van der Waals surface area contributed by atoms with E-state index in [4.69, 9.17) is 9.25 Å². The summed E-state index contributed by atoms with van der Waals surface area (Å²) in [7, 11) is 3.00. The number of aromatic nitrogens is 3. The van der Waals surface area contributed by atoms with Crippen LogP contribution >= 0.6 is 0 Å². The molecule has 31 heavy (non-hydrogen) atoms. The minimum atomic E-state index is -1.43. The van der Waals surface area contributed by atoms with Gasteiger partial charge in [-0.3, -0.25) is 9.59 Å². The molecular weight excluding hydrogens is 402 g/mol. The number of likely N-dealkylation sites (N-methyl/N-ethyl adjacent to an activating group) is 1. The number of fused-ring (bicyclic) bond motifs is 1. The number of hydrogen-bond acceptors (Lipinski definition) is 8. The Morgan fingerprint density at radius 3 is 2.77 bits per heavy atom. The minimum absolute atomic E-state index is 0.106. The predicted octanol–water partition coefficient (Wildman–Crippen LogP) is 1.53. The molecule has 4 rings (SSSR count). The molecule has 3 aromatic heterocycles. The van der Waals surface area contributed by atoms with Crippen molar-refractivity contribution in [3.63, 3.8) is 0 Å². The van der Waals surface area contributed by atoms with E-state index in [0.29, 0.717) is 29.2 Å². The Kier molecular flexibility index (Phi) is 5.32. The Bertz CT molecular complexity index is 1150. The van der Waals surface area contributed by atoms with Gasteiger partial charge < -0.3 is 25.2 Å². The van der Waals surface area contributed by atoms with Crippen molar-refractivity contribution in [3.8, 4) is 0 Å². The number of carbonyl (C=O) groups is 2. The zero-order valence-electron chi connectivity index (χ0n) is 17.4. The molecule has 11 heteroatoms. The van der Waals surface area contributed by atoms with Crippen molar-refractivity contribution in [3.05, 3.63) is 36.5 Å². The summed E-state index contributed by atoms with van der Waals surface area (Å²) in [6.45, 7) is 2.65. The van der Waals surface area contributed by atoms with Crippen molar-refractivity contribution in [1.82, 2.24) is 25.4 Å². The number of nitrogens with zero attached hydrogens (tertiary/aromatic N) is 4. The number of carbonyl (C=O) groups excluding carboxylic acids is 2. The molecule has 0 bridgehead atoms. The molecule has 1 aliphatic heterocycles. The fourth-order valence-corrected chi connectivity index (χ4v) is 3.59. The molecule has 0 saturated carbocycles. The Morgan fingerprint density at radius 2 is 2.10 bits per heavy atom. The molecular formula is C20H23N7O4. The summed E-state index contributed by atoms with van der Waals surface area (Å²) in [5, 5.41) is 17.8. The van der Waals surface area contributed by atoms with Crippen LogP contribution in [-0.2, 0) is 21.0 Å². The van der Waals surface area contributed by atoms with Crippen molar-refractivity contribution in [2.75, 3.05) is 19.4 Å². The molecule has 1 aliphatic rings. The van der Waals surface area contributed by atoms with Crippen LogP contribution in [0.3, 0.4) is 0 Å². The Morgan fingerprint density at radius 1 is 1.26 bits per heavy atom. The number of oxime groups is 1. The quantitative estimate of drug-likeness (QED) is 0.522. The summed E-state index contributed by atoms with van der Waals surface area (Å²) in [6, 6.07) is 1.79. The number of amides is 2. The van der Waals surface area contributed by atoms with E-state index in [1.165, 1.54) is 14.1 Å². The van der Waals surface area contributed by atoms with Crippen LogP contribution in [0.25, 0.3) is 11.0 Å². The fourth-order valence-electron chi connectivity index (χ4n) is 3.59. The largest absolute Gasteiger partial charge is 0.470 e. The molecule has 0 aliphatic carbocycles. The maximum Gasteiger partial charge on any atom is 0.267 e. The Hall–Kier alpha value is -3.89. The number of rotatable bonds is 7. The van der Waals surface area contributed by atoms with E-state index in [9.17, 15) is 9.59 Å². The van der Waals surface area contributed by atoms with Gasteiger partial charge in [0, 0.05) is 38.8 Å². The lowest BCUT2D eigenvalue weighted by Gasteiger charge is -2.23. The lowest BCUT2D eigenvalue weighted by Crippen LogP contribution is -2.48. The Balaban J connectivity index is 1.77. The predicted molar refractivity (Wildman–Crippen MR) is 113 cm³/mol. The van der Waals surface area contributed by atoms with Crippen LogP contribution in [0.5, 0.6) is 0 Å². The van der Waals surface area contributed by atoms with Crippen molar-refractivity contribution in [1.29, 1.82) is 0 Å². The second-order valence-corrected chi connectivity index (χ2v) is 7.11. The molecule has 0 saturated heterocycles. The van der Waals surface area contributed by atoms with Crippen molar-refractivity contribution < 1.29 is 18.8 Å². The fraction of sp³-hybridized carbons (Fsp3) is 0.350. The molecule has 0 aromatic carbocycles. The number of aryl methyl sites for hydroxylation is 1. The molecule has 1 unspecified atom stereocenters. The van der Waals surface area contributed by atoms with Crippen molar-refractivity contribution in [2.24, 2.45) is 5.16 Å². The van der Waals surface area contributed by atoms with Crippen LogP contribution in [0.15, 0.2) is 40.6 Å². The molecule has 162 valence electrons. The first-order valence-corrected chi connectivity index (χ1v) is 9.83. The summed E-state index contributed by atoms with van der Waals surface area (Å²) in [6.07, 6.45) is 6.48. The van der Waals surface area contributed by atoms with E-state index in [1.54, 1.807) is 35.7 Å². The lowest BCUT2D eigenvalue weighted by atomic mass is 9.89. The highest BCUT2D eigenvalue weighted by atomic mass is 16.7. The molecule has 0 fully saturated rings. The second kappa shape index (κ2) is 8.09. The van der Waals surface area contributed by atoms with Gasteiger partial charge in [0.25, 0.3) is 5.91 Å². The van der Waals surface area contributed by atoms with Gasteiger partial charge in [-0.1, -0.05) is 5.16 Å². The molecule has 1 atom stereocenters. The summed E-state index contributed by atoms with van der Waals surface area (Å²) in [5.74, 6) is -0.748. The number of anilines is 2. The summed E-state index contributed by atoms with van der Waals surface area (Å²) < 4.78 is 6.96. The molecule has 2 amide bonds. The van der Waals surface area contributed by atoms with E-state index in [0.717, 1.165) is 11.1 Å². The highest BCUT2D eigenvalue weighted by Gasteiger charge is 2.48. The standard InChI is InChI=1S/C20H23N7O4/c1-4-27-18-14(10-24-27)17(25-12-5-6-30-11-12)13(9-23-18)15-7-20(31-26-15,19(29)22-3)8-16(28)21-2/h5-6,9-11H,4,7-8H2,1-3H3,(H,21,28)(H,22,29)(H,23,25). The van der Waals surface area contributed by atoms with Crippen LogP contribution in [0.2, 0.25) is 0 Å². The van der Waals surface area contributed by atoms with Crippen LogP contribution in [0.4, 0.5) is 11.4 Å². The molecule has 3 N–H and O–H groups in total. The zero-order chi connectivity index (χ0) is 22.0. The average Bonchev–Trinajstić information content (AvgIpc) is 3.53. The van der Waals surface area contributed by atoms with Crippen molar-refractivity contribution >= 4 is 39.9 Å². The third kappa shape index (κ3) is 3.58. The van der Waals surface area contributed by atoms with Crippen LogP contribution in [0.1, 0.15) is 25.3 Å². The SMILES string of the molecule is CCn1ncc2c(Nc3ccoc3)c(C3=NOC(CC(=O)NC)(C(=O)NC)C3)cnc21. The van der Waals surface area contributed by atoms with Crippen molar-refractivity contribution in [2.45, 2.75) is 31.9 Å². The van der Waals surface area contributed by atoms with Gasteiger partial charge in [-0.25, -0.2) is 9.67 Å². The zero-order valence-corrected chi connectivity index (χ0v) is 17.4. The molecule has 4 heterocycles. The lowest BCUT2D eigenvalue weighted by molar-refractivity contribution is -0.149. The van der Waals surface area contributed by atoms with Gasteiger partial charge in [0.05, 0.1) is 41.4 Å². The minimum Gasteiger partial charge on any atom is -0.470 e. The second-order valence-electron chi connectivity index (χ2n) is 7.11. The molecule has 3 aromatic rings. The highest BCUT2D eigenvalue weighted by Crippen LogP contribution is 2.36. The number of hydrogen-bond donors (Lipinski definition) is 3. The maximum atomic E-state index is 12.6.